The van der Waals surface area contributed by atoms with Gasteiger partial charge in [-0.15, -0.1) is 0 Å². The highest BCUT2D eigenvalue weighted by atomic mass is 16.1. The number of nitrogens with one attached hydrogen (secondary N) is 1. The van der Waals surface area contributed by atoms with E-state index in [0.29, 0.717) is 11.7 Å². The zero-order valence-electron chi connectivity index (χ0n) is 9.51. The predicted octanol–water partition coefficient (Wildman–Crippen LogP) is 2.38. The van der Waals surface area contributed by atoms with Crippen LogP contribution in [0.1, 0.15) is 46.0 Å². The second kappa shape index (κ2) is 6.18. The van der Waals surface area contributed by atoms with Crippen LogP contribution in [0, 0.1) is 11.8 Å². The molecule has 0 heterocycles. The van der Waals surface area contributed by atoms with Crippen LogP contribution in [0.4, 0.5) is 0 Å². The summed E-state index contributed by atoms with van der Waals surface area (Å²) in [6.45, 7) is 6.33. The molecule has 1 N–H and O–H groups in total. The van der Waals surface area contributed by atoms with Crippen LogP contribution in [-0.4, -0.2) is 18.9 Å². The van der Waals surface area contributed by atoms with Crippen molar-refractivity contribution in [2.45, 2.75) is 46.0 Å². The molecular formula is C12H23NO. The maximum atomic E-state index is 11.5. The summed E-state index contributed by atoms with van der Waals surface area (Å²) in [6, 6.07) is 0. The molecule has 0 radical (unpaired) electrons. The Bertz CT molecular complexity index is 171. The van der Waals surface area contributed by atoms with Gasteiger partial charge in [-0.2, -0.15) is 0 Å². The number of ketones is 1. The van der Waals surface area contributed by atoms with Gasteiger partial charge in [0.05, 0.1) is 0 Å². The van der Waals surface area contributed by atoms with Crippen LogP contribution in [-0.2, 0) is 4.79 Å². The lowest BCUT2D eigenvalue weighted by atomic mass is 9.79. The normalized spacial score (nSPS) is 27.6. The number of hydrogen-bond donors (Lipinski definition) is 1. The minimum absolute atomic E-state index is 0.387. The van der Waals surface area contributed by atoms with Crippen molar-refractivity contribution >= 4 is 5.78 Å². The first-order valence-corrected chi connectivity index (χ1v) is 6.01. The third kappa shape index (κ3) is 3.41. The van der Waals surface area contributed by atoms with Crippen molar-refractivity contribution in [2.75, 3.05) is 13.1 Å². The first kappa shape index (κ1) is 11.7. The zero-order valence-corrected chi connectivity index (χ0v) is 9.51. The number of carbonyl (C=O) groups is 1. The lowest BCUT2D eigenvalue weighted by Gasteiger charge is -2.27. The van der Waals surface area contributed by atoms with Crippen molar-refractivity contribution < 1.29 is 4.79 Å². The van der Waals surface area contributed by atoms with Gasteiger partial charge in [-0.3, -0.25) is 4.79 Å². The SMILES string of the molecule is CCNCC1CCC(C(=O)CC)CC1. The van der Waals surface area contributed by atoms with Crippen molar-refractivity contribution in [1.29, 1.82) is 0 Å². The van der Waals surface area contributed by atoms with Gasteiger partial charge in [-0.05, 0) is 44.7 Å². The lowest BCUT2D eigenvalue weighted by molar-refractivity contribution is -0.123. The summed E-state index contributed by atoms with van der Waals surface area (Å²) in [5, 5.41) is 3.39. The highest BCUT2D eigenvalue weighted by Gasteiger charge is 2.24. The Hall–Kier alpha value is -0.370. The molecule has 0 saturated heterocycles. The van der Waals surface area contributed by atoms with Crippen LogP contribution in [0.3, 0.4) is 0 Å². The quantitative estimate of drug-likeness (QED) is 0.733. The van der Waals surface area contributed by atoms with E-state index in [9.17, 15) is 4.79 Å². The Kier molecular flexibility index (Phi) is 5.16. The van der Waals surface area contributed by atoms with Gasteiger partial charge in [-0.25, -0.2) is 0 Å². The molecule has 0 bridgehead atoms. The molecule has 0 aromatic rings. The summed E-state index contributed by atoms with van der Waals surface area (Å²) in [5.74, 6) is 1.68. The number of Topliss-reactive ketones (excluding diaryl/α,β-unsaturated/α-hetero) is 1. The molecule has 1 saturated carbocycles. The lowest BCUT2D eigenvalue weighted by Crippen LogP contribution is -2.28. The smallest absolute Gasteiger partial charge is 0.135 e. The van der Waals surface area contributed by atoms with Gasteiger partial charge in [0.2, 0.25) is 0 Å². The van der Waals surface area contributed by atoms with Crippen molar-refractivity contribution in [3.05, 3.63) is 0 Å². The van der Waals surface area contributed by atoms with E-state index < -0.39 is 0 Å². The van der Waals surface area contributed by atoms with E-state index in [2.05, 4.69) is 12.2 Å². The van der Waals surface area contributed by atoms with Gasteiger partial charge < -0.3 is 5.32 Å². The minimum atomic E-state index is 0.387. The topological polar surface area (TPSA) is 29.1 Å². The molecule has 0 aromatic heterocycles. The molecule has 0 spiro atoms. The monoisotopic (exact) mass is 197 g/mol. The molecule has 1 aliphatic carbocycles. The average molecular weight is 197 g/mol. The second-order valence-electron chi connectivity index (χ2n) is 4.35. The summed E-state index contributed by atoms with van der Waals surface area (Å²) in [7, 11) is 0. The Morgan fingerprint density at radius 1 is 1.21 bits per heavy atom. The van der Waals surface area contributed by atoms with Crippen LogP contribution < -0.4 is 5.32 Å². The summed E-state index contributed by atoms with van der Waals surface area (Å²) < 4.78 is 0. The van der Waals surface area contributed by atoms with E-state index in [1.54, 1.807) is 0 Å². The summed E-state index contributed by atoms with van der Waals surface area (Å²) in [6.07, 6.45) is 5.46. The van der Waals surface area contributed by atoms with Gasteiger partial charge >= 0.3 is 0 Å². The van der Waals surface area contributed by atoms with Crippen molar-refractivity contribution in [3.63, 3.8) is 0 Å². The second-order valence-corrected chi connectivity index (χ2v) is 4.35. The van der Waals surface area contributed by atoms with E-state index in [-0.39, 0.29) is 0 Å². The highest BCUT2D eigenvalue weighted by Crippen LogP contribution is 2.29. The highest BCUT2D eigenvalue weighted by molar-refractivity contribution is 5.80. The molecule has 1 aliphatic rings. The van der Waals surface area contributed by atoms with Crippen molar-refractivity contribution in [2.24, 2.45) is 11.8 Å². The molecular weight excluding hydrogens is 174 g/mol. The maximum Gasteiger partial charge on any atom is 0.135 e. The van der Waals surface area contributed by atoms with Crippen molar-refractivity contribution in [1.82, 2.24) is 5.32 Å². The van der Waals surface area contributed by atoms with E-state index >= 15 is 0 Å². The molecule has 0 atom stereocenters. The fourth-order valence-corrected chi connectivity index (χ4v) is 2.33. The Balaban J connectivity index is 2.20. The van der Waals surface area contributed by atoms with Gasteiger partial charge in [0.1, 0.15) is 5.78 Å². The molecule has 0 amide bonds. The maximum absolute atomic E-state index is 11.5. The molecule has 14 heavy (non-hydrogen) atoms. The van der Waals surface area contributed by atoms with Crippen LogP contribution in [0.2, 0.25) is 0 Å². The molecule has 2 nitrogen and oxygen atoms in total. The average Bonchev–Trinajstić information content (AvgIpc) is 2.26. The van der Waals surface area contributed by atoms with Crippen LogP contribution >= 0.6 is 0 Å². The van der Waals surface area contributed by atoms with Crippen molar-refractivity contribution in [3.8, 4) is 0 Å². The fraction of sp³-hybridized carbons (Fsp3) is 0.917. The minimum Gasteiger partial charge on any atom is -0.317 e. The standard InChI is InChI=1S/C12H23NO/c1-3-12(14)11-7-5-10(6-8-11)9-13-4-2/h10-11,13H,3-9H2,1-2H3. The molecule has 0 aliphatic heterocycles. The molecule has 2 heteroatoms. The molecule has 0 unspecified atom stereocenters. The molecule has 0 aromatic carbocycles. The van der Waals surface area contributed by atoms with Gasteiger partial charge in [-0.1, -0.05) is 13.8 Å². The Labute approximate surface area is 87.5 Å². The molecule has 82 valence electrons. The van der Waals surface area contributed by atoms with Crippen LogP contribution in [0.15, 0.2) is 0 Å². The molecule has 1 rings (SSSR count). The van der Waals surface area contributed by atoms with Gasteiger partial charge in [0.25, 0.3) is 0 Å². The van der Waals surface area contributed by atoms with E-state index in [4.69, 9.17) is 0 Å². The first-order chi connectivity index (χ1) is 6.77. The summed E-state index contributed by atoms with van der Waals surface area (Å²) in [5.41, 5.74) is 0. The largest absolute Gasteiger partial charge is 0.317 e. The summed E-state index contributed by atoms with van der Waals surface area (Å²) in [4.78, 5) is 11.5. The third-order valence-electron chi connectivity index (χ3n) is 3.33. The number of rotatable bonds is 5. The van der Waals surface area contributed by atoms with Crippen LogP contribution in [0.25, 0.3) is 0 Å². The zero-order chi connectivity index (χ0) is 10.4. The Morgan fingerprint density at radius 2 is 1.86 bits per heavy atom. The van der Waals surface area contributed by atoms with E-state index in [1.165, 1.54) is 12.8 Å². The molecule has 1 fully saturated rings. The summed E-state index contributed by atoms with van der Waals surface area (Å²) >= 11 is 0. The van der Waals surface area contributed by atoms with E-state index in [0.717, 1.165) is 38.3 Å². The van der Waals surface area contributed by atoms with Crippen LogP contribution in [0.5, 0.6) is 0 Å². The third-order valence-corrected chi connectivity index (χ3v) is 3.33. The van der Waals surface area contributed by atoms with Gasteiger partial charge in [0, 0.05) is 12.3 Å². The Morgan fingerprint density at radius 3 is 2.36 bits per heavy atom. The predicted molar refractivity (Wildman–Crippen MR) is 59.3 cm³/mol. The fourth-order valence-electron chi connectivity index (χ4n) is 2.33. The first-order valence-electron chi connectivity index (χ1n) is 6.01. The number of carbonyl (C=O) groups excluding carboxylic acids is 1. The van der Waals surface area contributed by atoms with E-state index in [1.807, 2.05) is 6.92 Å². The number of hydrogen-bond acceptors (Lipinski definition) is 2. The van der Waals surface area contributed by atoms with Gasteiger partial charge in [0.15, 0.2) is 0 Å².